The van der Waals surface area contributed by atoms with Crippen LogP contribution in [0, 0.1) is 6.92 Å². The second kappa shape index (κ2) is 9.15. The van der Waals surface area contributed by atoms with E-state index in [-0.39, 0.29) is 29.3 Å². The van der Waals surface area contributed by atoms with Crippen molar-refractivity contribution in [1.82, 2.24) is 9.21 Å². The number of nitrogens with zero attached hydrogens (tertiary/aromatic N) is 3. The zero-order valence-corrected chi connectivity index (χ0v) is 20.1. The molecular weight excluding hydrogens is 440 g/mol. The number of anilines is 2. The highest BCUT2D eigenvalue weighted by Gasteiger charge is 2.30. The lowest BCUT2D eigenvalue weighted by Gasteiger charge is -2.41. The SMILES string of the molecule is Cc1cccc(N2CCN(C(=O)CN(C)S(=O)(=O)c3ccc4c(c3)CCC(=O)N4)CC2C)c1. The molecular formula is C24H30N4O4S. The van der Waals surface area contributed by atoms with Crippen LogP contribution in [-0.2, 0) is 26.0 Å². The average Bonchev–Trinajstić information content (AvgIpc) is 2.78. The Balaban J connectivity index is 1.41. The number of hydrogen-bond acceptors (Lipinski definition) is 5. The van der Waals surface area contributed by atoms with Crippen molar-refractivity contribution >= 4 is 33.2 Å². The molecule has 2 heterocycles. The number of hydrogen-bond donors (Lipinski definition) is 1. The third-order valence-electron chi connectivity index (χ3n) is 6.35. The van der Waals surface area contributed by atoms with Crippen LogP contribution in [-0.4, -0.2) is 68.7 Å². The molecule has 2 aliphatic rings. The number of carbonyl (C=O) groups excluding carboxylic acids is 2. The summed E-state index contributed by atoms with van der Waals surface area (Å²) in [6.45, 7) is 5.70. The van der Waals surface area contributed by atoms with E-state index < -0.39 is 10.0 Å². The molecule has 1 N–H and O–H groups in total. The molecule has 2 aromatic carbocycles. The Kier molecular flexibility index (Phi) is 6.45. The fourth-order valence-corrected chi connectivity index (χ4v) is 5.62. The molecule has 9 heteroatoms. The first-order valence-corrected chi connectivity index (χ1v) is 12.6. The number of fused-ring (bicyclic) bond motifs is 1. The first kappa shape index (κ1) is 23.3. The highest BCUT2D eigenvalue weighted by Crippen LogP contribution is 2.27. The summed E-state index contributed by atoms with van der Waals surface area (Å²) in [5.74, 6) is -0.278. The summed E-state index contributed by atoms with van der Waals surface area (Å²) in [7, 11) is -2.40. The normalized spacial score (nSPS) is 18.8. The summed E-state index contributed by atoms with van der Waals surface area (Å²) in [4.78, 5) is 28.6. The fraction of sp³-hybridized carbons (Fsp3) is 0.417. The van der Waals surface area contributed by atoms with Gasteiger partial charge in [-0.15, -0.1) is 0 Å². The van der Waals surface area contributed by atoms with E-state index >= 15 is 0 Å². The van der Waals surface area contributed by atoms with Crippen LogP contribution >= 0.6 is 0 Å². The zero-order valence-electron chi connectivity index (χ0n) is 19.2. The van der Waals surface area contributed by atoms with E-state index in [2.05, 4.69) is 42.3 Å². The molecule has 1 saturated heterocycles. The Bertz CT molecular complexity index is 1180. The quantitative estimate of drug-likeness (QED) is 0.724. The number of nitrogens with one attached hydrogen (secondary N) is 1. The van der Waals surface area contributed by atoms with Gasteiger partial charge in [0, 0.05) is 50.5 Å². The number of aryl methyl sites for hydroxylation is 2. The number of rotatable bonds is 5. The Hall–Kier alpha value is -2.91. The molecule has 1 atom stereocenters. The van der Waals surface area contributed by atoms with Gasteiger partial charge in [-0.25, -0.2) is 8.42 Å². The summed E-state index contributed by atoms with van der Waals surface area (Å²) < 4.78 is 27.3. The maximum Gasteiger partial charge on any atom is 0.243 e. The molecule has 0 spiro atoms. The van der Waals surface area contributed by atoms with Crippen LogP contribution in [0.4, 0.5) is 11.4 Å². The number of piperazine rings is 1. The Labute approximate surface area is 195 Å². The molecule has 8 nitrogen and oxygen atoms in total. The minimum Gasteiger partial charge on any atom is -0.365 e. The third-order valence-corrected chi connectivity index (χ3v) is 8.15. The molecule has 0 radical (unpaired) electrons. The van der Waals surface area contributed by atoms with Crippen molar-refractivity contribution in [2.45, 2.75) is 37.6 Å². The standard InChI is InChI=1S/C24H30N4O4S/c1-17-5-4-6-20(13-17)28-12-11-27(15-18(28)2)24(30)16-26(3)33(31,32)21-8-9-22-19(14-21)7-10-23(29)25-22/h4-6,8-9,13-14,18H,7,10-12,15-16H2,1-3H3,(H,25,29). The second-order valence-electron chi connectivity index (χ2n) is 8.85. The van der Waals surface area contributed by atoms with Gasteiger partial charge in [0.15, 0.2) is 0 Å². The van der Waals surface area contributed by atoms with Gasteiger partial charge in [-0.2, -0.15) is 4.31 Å². The van der Waals surface area contributed by atoms with Crippen molar-refractivity contribution in [3.8, 4) is 0 Å². The molecule has 0 aromatic heterocycles. The lowest BCUT2D eigenvalue weighted by molar-refractivity contribution is -0.132. The average molecular weight is 471 g/mol. The van der Waals surface area contributed by atoms with Gasteiger partial charge in [0.25, 0.3) is 0 Å². The molecule has 1 unspecified atom stereocenters. The minimum absolute atomic E-state index is 0.0717. The van der Waals surface area contributed by atoms with Gasteiger partial charge < -0.3 is 15.1 Å². The van der Waals surface area contributed by atoms with Gasteiger partial charge in [-0.1, -0.05) is 12.1 Å². The van der Waals surface area contributed by atoms with Crippen LogP contribution in [0.15, 0.2) is 47.4 Å². The van der Waals surface area contributed by atoms with Gasteiger partial charge in [0.05, 0.1) is 11.4 Å². The molecule has 4 rings (SSSR count). The van der Waals surface area contributed by atoms with Crippen LogP contribution in [0.2, 0.25) is 0 Å². The van der Waals surface area contributed by atoms with Crippen LogP contribution in [0.25, 0.3) is 0 Å². The summed E-state index contributed by atoms with van der Waals surface area (Å²) in [5.41, 5.74) is 3.76. The summed E-state index contributed by atoms with van der Waals surface area (Å²) in [5, 5.41) is 2.75. The lowest BCUT2D eigenvalue weighted by Crippen LogP contribution is -2.55. The van der Waals surface area contributed by atoms with Crippen LogP contribution < -0.4 is 10.2 Å². The van der Waals surface area contributed by atoms with Crippen molar-refractivity contribution < 1.29 is 18.0 Å². The van der Waals surface area contributed by atoms with Crippen molar-refractivity contribution in [2.24, 2.45) is 0 Å². The van der Waals surface area contributed by atoms with Crippen LogP contribution in [0.3, 0.4) is 0 Å². The van der Waals surface area contributed by atoms with E-state index in [9.17, 15) is 18.0 Å². The largest absolute Gasteiger partial charge is 0.365 e. The van der Waals surface area contributed by atoms with E-state index in [4.69, 9.17) is 0 Å². The van der Waals surface area contributed by atoms with Gasteiger partial charge in [0.2, 0.25) is 21.8 Å². The van der Waals surface area contributed by atoms with Gasteiger partial charge >= 0.3 is 0 Å². The van der Waals surface area contributed by atoms with Gasteiger partial charge in [-0.05, 0) is 61.7 Å². The maximum absolute atomic E-state index is 13.1. The minimum atomic E-state index is -3.83. The van der Waals surface area contributed by atoms with E-state index in [1.54, 1.807) is 17.0 Å². The Morgan fingerprint density at radius 1 is 1.15 bits per heavy atom. The van der Waals surface area contributed by atoms with Crippen molar-refractivity contribution in [1.29, 1.82) is 0 Å². The van der Waals surface area contributed by atoms with Gasteiger partial charge in [0.1, 0.15) is 0 Å². The molecule has 2 amide bonds. The van der Waals surface area contributed by atoms with E-state index in [1.165, 1.54) is 18.7 Å². The smallest absolute Gasteiger partial charge is 0.243 e. The Morgan fingerprint density at radius 2 is 1.94 bits per heavy atom. The van der Waals surface area contributed by atoms with Crippen LogP contribution in [0.1, 0.15) is 24.5 Å². The molecule has 0 saturated carbocycles. The molecule has 176 valence electrons. The number of benzene rings is 2. The first-order valence-electron chi connectivity index (χ1n) is 11.2. The molecule has 0 aliphatic carbocycles. The van der Waals surface area contributed by atoms with E-state index in [0.29, 0.717) is 38.2 Å². The predicted molar refractivity (Wildman–Crippen MR) is 128 cm³/mol. The van der Waals surface area contributed by atoms with Crippen molar-refractivity contribution in [3.05, 3.63) is 53.6 Å². The summed E-state index contributed by atoms with van der Waals surface area (Å²) >= 11 is 0. The monoisotopic (exact) mass is 470 g/mol. The topological polar surface area (TPSA) is 90.0 Å². The first-order chi connectivity index (χ1) is 15.6. The maximum atomic E-state index is 13.1. The summed E-state index contributed by atoms with van der Waals surface area (Å²) in [6.07, 6.45) is 0.827. The molecule has 0 bridgehead atoms. The third kappa shape index (κ3) is 4.89. The number of likely N-dealkylation sites (N-methyl/N-ethyl adjacent to an activating group) is 1. The highest BCUT2D eigenvalue weighted by atomic mass is 32.2. The zero-order chi connectivity index (χ0) is 23.8. The molecule has 2 aliphatic heterocycles. The predicted octanol–water partition coefficient (Wildman–Crippen LogP) is 2.24. The van der Waals surface area contributed by atoms with Crippen LogP contribution in [0.5, 0.6) is 0 Å². The Morgan fingerprint density at radius 3 is 2.67 bits per heavy atom. The van der Waals surface area contributed by atoms with E-state index in [1.807, 2.05) is 6.07 Å². The van der Waals surface area contributed by atoms with E-state index in [0.717, 1.165) is 15.6 Å². The highest BCUT2D eigenvalue weighted by molar-refractivity contribution is 7.89. The fourth-order valence-electron chi connectivity index (χ4n) is 4.45. The van der Waals surface area contributed by atoms with Crippen molar-refractivity contribution in [3.63, 3.8) is 0 Å². The van der Waals surface area contributed by atoms with Crippen molar-refractivity contribution in [2.75, 3.05) is 43.4 Å². The number of carbonyl (C=O) groups is 2. The lowest BCUT2D eigenvalue weighted by atomic mass is 10.0. The number of sulfonamides is 1. The van der Waals surface area contributed by atoms with Gasteiger partial charge in [-0.3, -0.25) is 9.59 Å². The summed E-state index contributed by atoms with van der Waals surface area (Å²) in [6, 6.07) is 13.1. The number of amides is 2. The molecule has 1 fully saturated rings. The molecule has 2 aromatic rings. The second-order valence-corrected chi connectivity index (χ2v) is 10.9. The molecule has 33 heavy (non-hydrogen) atoms.